The first-order chi connectivity index (χ1) is 14.9. The van der Waals surface area contributed by atoms with Gasteiger partial charge in [-0.1, -0.05) is 11.6 Å². The van der Waals surface area contributed by atoms with Crippen molar-refractivity contribution in [2.75, 3.05) is 11.8 Å². The van der Waals surface area contributed by atoms with Gasteiger partial charge in [0.05, 0.1) is 7.11 Å². The maximum atomic E-state index is 12.7. The van der Waals surface area contributed by atoms with Crippen molar-refractivity contribution in [2.45, 2.75) is 4.90 Å². The number of rotatable bonds is 7. The zero-order valence-electron chi connectivity index (χ0n) is 16.1. The topological polar surface area (TPSA) is 108 Å². The maximum Gasteiger partial charge on any atom is 0.265 e. The van der Waals surface area contributed by atoms with Crippen LogP contribution in [0.3, 0.4) is 0 Å². The van der Waals surface area contributed by atoms with Gasteiger partial charge in [-0.15, -0.1) is 10.2 Å². The molecule has 0 atom stereocenters. The van der Waals surface area contributed by atoms with Crippen LogP contribution in [0.2, 0.25) is 5.02 Å². The molecule has 0 spiro atoms. The summed E-state index contributed by atoms with van der Waals surface area (Å²) in [4.78, 5) is -0.0598. The molecular weight excluding hydrogens is 442 g/mol. The van der Waals surface area contributed by atoms with E-state index in [1.807, 2.05) is 0 Å². The van der Waals surface area contributed by atoms with Crippen LogP contribution in [-0.2, 0) is 10.0 Å². The van der Waals surface area contributed by atoms with Crippen molar-refractivity contribution in [2.24, 2.45) is 0 Å². The number of benzene rings is 2. The van der Waals surface area contributed by atoms with Gasteiger partial charge in [0.2, 0.25) is 5.88 Å². The van der Waals surface area contributed by atoms with Crippen LogP contribution in [0.5, 0.6) is 17.4 Å². The van der Waals surface area contributed by atoms with Crippen molar-refractivity contribution < 1.29 is 17.9 Å². The molecule has 2 aromatic heterocycles. The molecule has 9 nitrogen and oxygen atoms in total. The lowest BCUT2D eigenvalue weighted by molar-refractivity contribution is 0.403. The van der Waals surface area contributed by atoms with Crippen LogP contribution < -0.4 is 14.2 Å². The Morgan fingerprint density at radius 2 is 1.84 bits per heavy atom. The summed E-state index contributed by atoms with van der Waals surface area (Å²) in [6, 6.07) is 15.9. The summed E-state index contributed by atoms with van der Waals surface area (Å²) in [5, 5.41) is 12.4. The molecule has 0 aliphatic rings. The lowest BCUT2D eigenvalue weighted by Crippen LogP contribution is -2.14. The van der Waals surface area contributed by atoms with Crippen molar-refractivity contribution in [1.29, 1.82) is 0 Å². The van der Waals surface area contributed by atoms with Crippen LogP contribution >= 0.6 is 11.6 Å². The summed E-state index contributed by atoms with van der Waals surface area (Å²) in [5.41, 5.74) is 0.342. The molecule has 0 fully saturated rings. The third-order valence-corrected chi connectivity index (χ3v) is 5.75. The third kappa shape index (κ3) is 4.76. The maximum absolute atomic E-state index is 12.7. The fourth-order valence-electron chi connectivity index (χ4n) is 2.68. The number of nitrogens with one attached hydrogen (secondary N) is 1. The number of halogens is 1. The fourth-order valence-corrected chi connectivity index (χ4v) is 4.17. The second kappa shape index (κ2) is 8.62. The first kappa shape index (κ1) is 20.6. The molecule has 1 N–H and O–H groups in total. The van der Waals surface area contributed by atoms with Crippen LogP contribution in [-0.4, -0.2) is 35.5 Å². The largest absolute Gasteiger partial charge is 0.495 e. The van der Waals surface area contributed by atoms with Crippen molar-refractivity contribution in [3.8, 4) is 23.2 Å². The molecule has 0 saturated heterocycles. The first-order valence-electron chi connectivity index (χ1n) is 8.93. The monoisotopic (exact) mass is 457 g/mol. The molecule has 0 radical (unpaired) electrons. The van der Waals surface area contributed by atoms with Gasteiger partial charge in [-0.3, -0.25) is 4.72 Å². The van der Waals surface area contributed by atoms with E-state index in [9.17, 15) is 8.42 Å². The quantitative estimate of drug-likeness (QED) is 0.448. The Balaban J connectivity index is 1.46. The Morgan fingerprint density at radius 3 is 2.48 bits per heavy atom. The Labute approximate surface area is 183 Å². The number of sulfonamides is 1. The number of hydrogen-bond acceptors (Lipinski definition) is 7. The molecule has 0 amide bonds. The minimum absolute atomic E-state index is 0.0598. The second-order valence-electron chi connectivity index (χ2n) is 6.21. The molecule has 4 rings (SSSR count). The summed E-state index contributed by atoms with van der Waals surface area (Å²) >= 11 is 5.94. The van der Waals surface area contributed by atoms with Crippen LogP contribution in [0, 0.1) is 0 Å². The van der Waals surface area contributed by atoms with Gasteiger partial charge in [-0.25, -0.2) is 13.1 Å². The fraction of sp³-hybridized carbons (Fsp3) is 0.0500. The summed E-state index contributed by atoms with van der Waals surface area (Å²) in [5.74, 6) is 1.49. The Morgan fingerprint density at radius 1 is 1.03 bits per heavy atom. The Hall–Kier alpha value is -3.63. The van der Waals surface area contributed by atoms with Gasteiger partial charge in [-0.05, 0) is 54.6 Å². The molecule has 0 aliphatic heterocycles. The smallest absolute Gasteiger partial charge is 0.265 e. The summed E-state index contributed by atoms with van der Waals surface area (Å²) < 4.78 is 40.3. The average molecular weight is 458 g/mol. The van der Waals surface area contributed by atoms with Crippen molar-refractivity contribution >= 4 is 27.3 Å². The van der Waals surface area contributed by atoms with E-state index in [-0.39, 0.29) is 21.5 Å². The van der Waals surface area contributed by atoms with Gasteiger partial charge in [0.25, 0.3) is 10.0 Å². The highest BCUT2D eigenvalue weighted by atomic mass is 35.5. The molecule has 0 saturated carbocycles. The highest BCUT2D eigenvalue weighted by molar-refractivity contribution is 7.92. The second-order valence-corrected chi connectivity index (χ2v) is 8.29. The summed E-state index contributed by atoms with van der Waals surface area (Å²) in [7, 11) is -2.52. The molecule has 31 heavy (non-hydrogen) atoms. The number of methoxy groups -OCH3 is 1. The summed E-state index contributed by atoms with van der Waals surface area (Å²) in [6.45, 7) is 0. The van der Waals surface area contributed by atoms with E-state index in [2.05, 4.69) is 20.0 Å². The van der Waals surface area contributed by atoms with Gasteiger partial charge >= 0.3 is 0 Å². The zero-order valence-corrected chi connectivity index (χ0v) is 17.7. The number of nitrogens with zero attached hydrogens (tertiary/aromatic N) is 4. The third-order valence-electron chi connectivity index (χ3n) is 4.11. The van der Waals surface area contributed by atoms with Gasteiger partial charge in [0, 0.05) is 29.2 Å². The predicted molar refractivity (Wildman–Crippen MR) is 114 cm³/mol. The average Bonchev–Trinajstić information content (AvgIpc) is 3.30. The van der Waals surface area contributed by atoms with Gasteiger partial charge in [-0.2, -0.15) is 5.10 Å². The molecular formula is C20H16ClN5O4S. The number of ether oxygens (including phenoxy) is 2. The summed E-state index contributed by atoms with van der Waals surface area (Å²) in [6.07, 6.45) is 3.40. The number of anilines is 1. The molecule has 0 aliphatic carbocycles. The van der Waals surface area contributed by atoms with E-state index in [0.29, 0.717) is 17.3 Å². The Kier molecular flexibility index (Phi) is 5.74. The minimum Gasteiger partial charge on any atom is -0.495 e. The van der Waals surface area contributed by atoms with Gasteiger partial charge in [0.15, 0.2) is 5.82 Å². The molecule has 11 heteroatoms. The van der Waals surface area contributed by atoms with Gasteiger partial charge < -0.3 is 9.47 Å². The van der Waals surface area contributed by atoms with Crippen molar-refractivity contribution in [3.63, 3.8) is 0 Å². The number of hydrogen-bond donors (Lipinski definition) is 1. The highest BCUT2D eigenvalue weighted by Gasteiger charge is 2.20. The highest BCUT2D eigenvalue weighted by Crippen LogP contribution is 2.29. The lowest BCUT2D eigenvalue weighted by Gasteiger charge is -2.12. The SMILES string of the molecule is COc1ccc(Cl)cc1S(=O)(=O)Nc1ccc(Oc2ccc(-n3cccn3)nn2)cc1. The van der Waals surface area contributed by atoms with Gasteiger partial charge in [0.1, 0.15) is 16.4 Å². The predicted octanol–water partition coefficient (Wildman–Crippen LogP) is 3.92. The molecule has 2 heterocycles. The molecule has 2 aromatic carbocycles. The normalized spacial score (nSPS) is 11.2. The van der Waals surface area contributed by atoms with Crippen LogP contribution in [0.1, 0.15) is 0 Å². The van der Waals surface area contributed by atoms with Crippen LogP contribution in [0.25, 0.3) is 5.82 Å². The molecule has 4 aromatic rings. The number of aromatic nitrogens is 4. The van der Waals surface area contributed by atoms with Crippen molar-refractivity contribution in [1.82, 2.24) is 20.0 Å². The first-order valence-corrected chi connectivity index (χ1v) is 10.8. The van der Waals surface area contributed by atoms with E-state index in [4.69, 9.17) is 21.1 Å². The standard InChI is InChI=1S/C20H16ClN5O4S/c1-29-17-8-3-14(21)13-18(17)31(27,28)25-15-4-6-16(7-5-15)30-20-10-9-19(23-24-20)26-12-2-11-22-26/h2-13,25H,1H3. The minimum atomic E-state index is -3.91. The Bertz CT molecular complexity index is 1280. The van der Waals surface area contributed by atoms with Crippen LogP contribution in [0.4, 0.5) is 5.69 Å². The lowest BCUT2D eigenvalue weighted by atomic mass is 10.3. The van der Waals surface area contributed by atoms with Crippen molar-refractivity contribution in [3.05, 3.63) is 78.1 Å². The molecule has 0 unspecified atom stereocenters. The van der Waals surface area contributed by atoms with E-state index in [1.54, 1.807) is 65.6 Å². The van der Waals surface area contributed by atoms with E-state index in [1.165, 1.54) is 19.2 Å². The molecule has 0 bridgehead atoms. The zero-order chi connectivity index (χ0) is 21.8. The van der Waals surface area contributed by atoms with E-state index in [0.717, 1.165) is 0 Å². The van der Waals surface area contributed by atoms with Crippen LogP contribution in [0.15, 0.2) is 78.0 Å². The molecule has 158 valence electrons. The van der Waals surface area contributed by atoms with E-state index >= 15 is 0 Å². The van der Waals surface area contributed by atoms with E-state index < -0.39 is 10.0 Å².